The lowest BCUT2D eigenvalue weighted by Crippen LogP contribution is -2.52. The summed E-state index contributed by atoms with van der Waals surface area (Å²) in [6.45, 7) is 10.2. The number of fused-ring (bicyclic) bond motifs is 2. The van der Waals surface area contributed by atoms with Crippen LogP contribution < -0.4 is 26.6 Å². The van der Waals surface area contributed by atoms with Gasteiger partial charge in [-0.05, 0) is 65.1 Å². The zero-order valence-electron chi connectivity index (χ0n) is 47.5. The van der Waals surface area contributed by atoms with Crippen molar-refractivity contribution >= 4 is 63.9 Å². The second-order valence-electron chi connectivity index (χ2n) is 21.1. The van der Waals surface area contributed by atoms with Crippen LogP contribution in [0, 0.1) is 18.3 Å². The van der Waals surface area contributed by atoms with Crippen molar-refractivity contribution in [3.63, 3.8) is 0 Å². The lowest BCUT2D eigenvalue weighted by Gasteiger charge is -2.38. The molecule has 0 aliphatic carbocycles. The number of rotatable bonds is 27. The number of piperazine rings is 2. The minimum Gasteiger partial charge on any atom is -0.508 e. The third kappa shape index (κ3) is 15.1. The minimum absolute atomic E-state index is 0. The number of phenols is 1. The number of carbonyl (C=O) groups excluding carboxylic acids is 2. The van der Waals surface area contributed by atoms with Crippen LogP contribution in [-0.4, -0.2) is 180 Å². The first kappa shape index (κ1) is 60.4. The second-order valence-corrected chi connectivity index (χ2v) is 21.1. The van der Waals surface area contributed by atoms with Crippen LogP contribution in [0.15, 0.2) is 97.3 Å². The van der Waals surface area contributed by atoms with Gasteiger partial charge in [-0.25, -0.2) is 9.36 Å². The molecule has 7 heterocycles. The molecule has 25 heteroatoms. The van der Waals surface area contributed by atoms with Gasteiger partial charge in [0.25, 0.3) is 0 Å². The molecule has 0 spiro atoms. The number of para-hydroxylation sites is 2. The lowest BCUT2D eigenvalue weighted by molar-refractivity contribution is -0.136. The minimum atomic E-state index is -0.728. The number of hydrogen-bond acceptors (Lipinski definition) is 18. The zero-order chi connectivity index (χ0) is 57.7. The summed E-state index contributed by atoms with van der Waals surface area (Å²) >= 11 is 0. The summed E-state index contributed by atoms with van der Waals surface area (Å²) in [7, 11) is 0. The first-order valence-corrected chi connectivity index (χ1v) is 28.5. The van der Waals surface area contributed by atoms with Crippen molar-refractivity contribution in [1.29, 1.82) is 0 Å². The highest BCUT2D eigenvalue weighted by Gasteiger charge is 2.35. The van der Waals surface area contributed by atoms with E-state index in [4.69, 9.17) is 47.1 Å². The van der Waals surface area contributed by atoms with Gasteiger partial charge < -0.3 is 65.7 Å². The maximum absolute atomic E-state index is 14.9. The number of terminal acetylenes is 1. The highest BCUT2D eigenvalue weighted by atomic mass is 35.5. The van der Waals surface area contributed by atoms with Gasteiger partial charge in [0, 0.05) is 94.2 Å². The van der Waals surface area contributed by atoms with Crippen LogP contribution in [0.3, 0.4) is 0 Å². The van der Waals surface area contributed by atoms with Crippen molar-refractivity contribution < 1.29 is 28.9 Å². The molecule has 2 amide bonds. The maximum Gasteiger partial charge on any atom is 0.248 e. The summed E-state index contributed by atoms with van der Waals surface area (Å²) in [5.74, 6) is 3.90. The Morgan fingerprint density at radius 3 is 1.70 bits per heavy atom. The van der Waals surface area contributed by atoms with Crippen LogP contribution in [0.5, 0.6) is 5.75 Å². The molecule has 2 fully saturated rings. The molecular formula is C59H75ClN18O6. The molecule has 444 valence electrons. The number of nitrogens with zero attached hydrogens (tertiary/aromatic N) is 13. The molecule has 84 heavy (non-hydrogen) atoms. The molecule has 2 saturated heterocycles. The Morgan fingerprint density at radius 2 is 1.18 bits per heavy atom. The van der Waals surface area contributed by atoms with Crippen molar-refractivity contribution in [3.8, 4) is 18.1 Å². The van der Waals surface area contributed by atoms with Gasteiger partial charge in [0.05, 0.1) is 68.9 Å². The molecule has 0 radical (unpaired) electrons. The van der Waals surface area contributed by atoms with E-state index in [1.54, 1.807) is 27.7 Å². The highest BCUT2D eigenvalue weighted by Crippen LogP contribution is 2.28. The predicted octanol–water partition coefficient (Wildman–Crippen LogP) is 4.79. The summed E-state index contributed by atoms with van der Waals surface area (Å²) < 4.78 is 20.0. The van der Waals surface area contributed by atoms with E-state index in [1.165, 1.54) is 0 Å². The smallest absolute Gasteiger partial charge is 0.248 e. The Labute approximate surface area is 494 Å². The summed E-state index contributed by atoms with van der Waals surface area (Å²) in [6.07, 6.45) is 10.9. The molecule has 0 saturated carbocycles. The zero-order valence-corrected chi connectivity index (χ0v) is 48.3. The number of aromatic hydroxyl groups is 1. The molecule has 0 bridgehead atoms. The highest BCUT2D eigenvalue weighted by molar-refractivity contribution is 5.85. The van der Waals surface area contributed by atoms with Gasteiger partial charge in [0.2, 0.25) is 29.7 Å². The Hall–Kier alpha value is -8.18. The van der Waals surface area contributed by atoms with Gasteiger partial charge in [0.1, 0.15) is 24.4 Å². The summed E-state index contributed by atoms with van der Waals surface area (Å²) in [6, 6.07) is 24.9. The number of ether oxygens (including phenoxy) is 3. The van der Waals surface area contributed by atoms with Crippen LogP contribution >= 0.6 is 12.4 Å². The molecule has 1 unspecified atom stereocenters. The number of amides is 2. The molecule has 8 aromatic rings. The molecule has 5 aromatic heterocycles. The van der Waals surface area contributed by atoms with Crippen molar-refractivity contribution in [1.82, 2.24) is 64.7 Å². The normalized spacial score (nSPS) is 15.6. The van der Waals surface area contributed by atoms with Gasteiger partial charge in [0.15, 0.2) is 0 Å². The van der Waals surface area contributed by atoms with E-state index in [9.17, 15) is 14.7 Å². The third-order valence-corrected chi connectivity index (χ3v) is 15.5. The van der Waals surface area contributed by atoms with Gasteiger partial charge in [-0.3, -0.25) is 9.59 Å². The number of hydrogen-bond donors (Lipinski definition) is 6. The fraction of sp³-hybridized carbons (Fsp3) is 0.441. The van der Waals surface area contributed by atoms with Gasteiger partial charge in [-0.2, -0.15) is 15.0 Å². The van der Waals surface area contributed by atoms with Gasteiger partial charge in [-0.15, -0.1) is 29.0 Å². The molecule has 2 aliphatic rings. The van der Waals surface area contributed by atoms with E-state index in [1.807, 2.05) is 76.7 Å². The van der Waals surface area contributed by atoms with Crippen molar-refractivity contribution in [2.45, 2.75) is 63.7 Å². The van der Waals surface area contributed by atoms with Crippen LogP contribution in [-0.2, 0) is 43.1 Å². The quantitative estimate of drug-likeness (QED) is 0.0298. The SMILES string of the molecule is C#CCOCCOCCOCCNc1nc(N2CCN(C(=O)[C@@H](Cc3cc4ccccc4[nH]3)n3cc([C@@H](N)C(C)CC)nn3)CC2)nc(N2CCN(C(=O)[C@H](Cc3cc4ccccc4[nH]3)n3cc([C@@H](N)Cc4ccc(O)cc4)nn3)CC2)n1.Cl. The number of anilines is 3. The average molecular weight is 1170 g/mol. The average Bonchev–Trinajstić information content (AvgIpc) is 4.41. The topological polar surface area (TPSA) is 291 Å². The Balaban J connectivity index is 0.00000846. The van der Waals surface area contributed by atoms with Crippen molar-refractivity contribution in [2.75, 3.05) is 114 Å². The van der Waals surface area contributed by atoms with E-state index >= 15 is 0 Å². The number of carbonyl (C=O) groups is 2. The Morgan fingerprint density at radius 1 is 0.679 bits per heavy atom. The summed E-state index contributed by atoms with van der Waals surface area (Å²) in [4.78, 5) is 59.4. The molecule has 2 aliphatic heterocycles. The first-order chi connectivity index (χ1) is 40.5. The summed E-state index contributed by atoms with van der Waals surface area (Å²) in [5, 5.41) is 33.2. The Bertz CT molecular complexity index is 3370. The summed E-state index contributed by atoms with van der Waals surface area (Å²) in [5.41, 5.74) is 19.2. The van der Waals surface area contributed by atoms with Gasteiger partial charge in [-0.1, -0.05) is 85.1 Å². The predicted molar refractivity (Wildman–Crippen MR) is 322 cm³/mol. The monoisotopic (exact) mass is 1170 g/mol. The number of aromatic amines is 2. The number of nitrogens with two attached hydrogens (primary N) is 2. The fourth-order valence-corrected chi connectivity index (χ4v) is 10.4. The Kier molecular flexibility index (Phi) is 20.8. The number of benzene rings is 3. The maximum atomic E-state index is 14.9. The van der Waals surface area contributed by atoms with Crippen molar-refractivity contribution in [3.05, 3.63) is 126 Å². The second kappa shape index (κ2) is 28.9. The van der Waals surface area contributed by atoms with E-state index in [0.717, 1.165) is 45.2 Å². The third-order valence-electron chi connectivity index (χ3n) is 15.5. The fourth-order valence-electron chi connectivity index (χ4n) is 10.4. The number of nitrogens with one attached hydrogen (secondary N) is 3. The molecule has 10 rings (SSSR count). The molecular weight excluding hydrogens is 1090 g/mol. The van der Waals surface area contributed by atoms with Crippen molar-refractivity contribution in [2.24, 2.45) is 17.4 Å². The first-order valence-electron chi connectivity index (χ1n) is 28.5. The number of halogens is 1. The van der Waals surface area contributed by atoms with Crippen LogP contribution in [0.4, 0.5) is 17.8 Å². The lowest BCUT2D eigenvalue weighted by atomic mass is 9.98. The van der Waals surface area contributed by atoms with E-state index < -0.39 is 18.1 Å². The van der Waals surface area contributed by atoms with Crippen LogP contribution in [0.2, 0.25) is 0 Å². The molecule has 8 N–H and O–H groups in total. The molecule has 24 nitrogen and oxygen atoms in total. The van der Waals surface area contributed by atoms with Crippen LogP contribution in [0.25, 0.3) is 21.8 Å². The number of aromatic nitrogens is 11. The molecule has 5 atom stereocenters. The van der Waals surface area contributed by atoms with E-state index in [0.29, 0.717) is 140 Å². The van der Waals surface area contributed by atoms with Crippen LogP contribution in [0.1, 0.15) is 72.8 Å². The van der Waals surface area contributed by atoms with E-state index in [-0.39, 0.29) is 48.5 Å². The standard InChI is InChI=1S/C59H74N18O6.ClH/c1-4-27-81-29-31-83-32-30-82-28-18-62-57-65-58(67-59(66-57)75-25-21-73(22-26-75)56(80)53(37-45-35-43-11-7-9-13-49(43)64-45)77-39-51(69-71-77)54(61)40(3)5-2)74-23-19-72(20-24-74)55(79)52(36-44-34-42-10-6-8-12-48(42)63-44)76-38-50(68-70-76)47(60)33-41-14-16-46(78)17-15-41;/h1,6-17,34-35,38-40,47,52-54,63-64,78H,5,18-33,36-37,60-61H2,2-3H3,(H,62,65,66,67);1H/t40?,47-,52-,53+,54-;/m0./s1. The number of phenolic OH excluding ortho intramolecular Hbond substituents is 1. The number of H-pyrrole nitrogens is 2. The largest absolute Gasteiger partial charge is 0.508 e. The van der Waals surface area contributed by atoms with E-state index in [2.05, 4.69) is 77.6 Å². The molecule has 3 aromatic carbocycles. The van der Waals surface area contributed by atoms with Gasteiger partial charge >= 0.3 is 0 Å².